The van der Waals surface area contributed by atoms with Gasteiger partial charge in [-0.1, -0.05) is 45.8 Å². The Bertz CT molecular complexity index is 999. The third kappa shape index (κ3) is 3.23. The predicted molar refractivity (Wildman–Crippen MR) is 128 cm³/mol. The molecule has 35 heavy (non-hydrogen) atoms. The van der Waals surface area contributed by atoms with Crippen molar-refractivity contribution in [3.8, 4) is 0 Å². The standard InChI is InChI=1S/C28H39FO6/c1-6-7-8-23(34)35-28(22(33)16-30)24(2,3)14-20-19-10-9-17-13-18(31)11-12-25(17,4)27(19,29)21(32)15-26(20,28)5/h11-13,19-21,30,32H,6-10,14-16H2,1-5H3. The number of carbonyl (C=O) groups excluding carboxylic acids is 3. The van der Waals surface area contributed by atoms with Crippen LogP contribution in [0.1, 0.15) is 79.6 Å². The highest BCUT2D eigenvalue weighted by atomic mass is 19.1. The van der Waals surface area contributed by atoms with E-state index in [0.717, 1.165) is 6.42 Å². The van der Waals surface area contributed by atoms with E-state index < -0.39 is 57.9 Å². The van der Waals surface area contributed by atoms with Gasteiger partial charge < -0.3 is 14.9 Å². The lowest BCUT2D eigenvalue weighted by Gasteiger charge is -2.63. The highest BCUT2D eigenvalue weighted by Crippen LogP contribution is 2.73. The van der Waals surface area contributed by atoms with Crippen LogP contribution in [-0.4, -0.2) is 51.7 Å². The summed E-state index contributed by atoms with van der Waals surface area (Å²) in [5, 5.41) is 21.6. The lowest BCUT2D eigenvalue weighted by atomic mass is 9.44. The van der Waals surface area contributed by atoms with Crippen LogP contribution in [0.15, 0.2) is 23.8 Å². The number of Topliss-reactive ketones (excluding diaryl/α,β-unsaturated/α-hetero) is 1. The number of ether oxygens (including phenoxy) is 1. The number of fused-ring (bicyclic) bond motifs is 5. The molecule has 3 fully saturated rings. The zero-order valence-corrected chi connectivity index (χ0v) is 21.5. The maximum Gasteiger partial charge on any atom is 0.306 e. The van der Waals surface area contributed by atoms with Crippen molar-refractivity contribution in [2.45, 2.75) is 96.9 Å². The second kappa shape index (κ2) is 8.34. The minimum Gasteiger partial charge on any atom is -0.450 e. The number of allylic oxidation sites excluding steroid dienone is 4. The first kappa shape index (κ1) is 26.2. The number of rotatable bonds is 6. The summed E-state index contributed by atoms with van der Waals surface area (Å²) in [7, 11) is 0. The number of alkyl halides is 1. The SMILES string of the molecule is CCCCC(=O)OC1(C(=O)CO)C(C)(C)CC2C3CCC4=CC(=O)C=CC4(C)C3(F)C(O)CC21C. The minimum atomic E-state index is -2.04. The minimum absolute atomic E-state index is 0.0917. The second-order valence-electron chi connectivity index (χ2n) is 12.2. The van der Waals surface area contributed by atoms with Crippen LogP contribution in [0.4, 0.5) is 4.39 Å². The molecule has 0 aromatic rings. The van der Waals surface area contributed by atoms with Gasteiger partial charge in [-0.15, -0.1) is 0 Å². The van der Waals surface area contributed by atoms with E-state index in [1.807, 2.05) is 27.7 Å². The van der Waals surface area contributed by atoms with Gasteiger partial charge in [-0.25, -0.2) is 4.39 Å². The van der Waals surface area contributed by atoms with E-state index >= 15 is 4.39 Å². The van der Waals surface area contributed by atoms with E-state index in [4.69, 9.17) is 4.74 Å². The molecule has 4 rings (SSSR count). The quantitative estimate of drug-likeness (QED) is 0.546. The Labute approximate surface area is 207 Å². The van der Waals surface area contributed by atoms with Gasteiger partial charge in [0.15, 0.2) is 17.1 Å². The molecule has 7 heteroatoms. The monoisotopic (exact) mass is 490 g/mol. The summed E-state index contributed by atoms with van der Waals surface area (Å²) in [6, 6.07) is 0. The van der Waals surface area contributed by atoms with Crippen molar-refractivity contribution >= 4 is 17.5 Å². The van der Waals surface area contributed by atoms with Gasteiger partial charge in [0.2, 0.25) is 5.78 Å². The summed E-state index contributed by atoms with van der Waals surface area (Å²) in [6.07, 6.45) is 5.82. The van der Waals surface area contributed by atoms with Crippen molar-refractivity contribution in [3.05, 3.63) is 23.8 Å². The van der Waals surface area contributed by atoms with E-state index in [9.17, 15) is 24.6 Å². The zero-order valence-electron chi connectivity index (χ0n) is 21.5. The molecule has 0 bridgehead atoms. The van der Waals surface area contributed by atoms with E-state index in [1.165, 1.54) is 12.2 Å². The molecule has 4 aliphatic carbocycles. The van der Waals surface area contributed by atoms with Crippen molar-refractivity contribution in [3.63, 3.8) is 0 Å². The highest BCUT2D eigenvalue weighted by molar-refractivity contribution is 6.01. The van der Waals surface area contributed by atoms with Gasteiger partial charge >= 0.3 is 5.97 Å². The van der Waals surface area contributed by atoms with E-state index in [-0.39, 0.29) is 24.5 Å². The van der Waals surface area contributed by atoms with Crippen LogP contribution in [0, 0.1) is 28.1 Å². The first-order chi connectivity index (χ1) is 16.2. The fraction of sp³-hybridized carbons (Fsp3) is 0.750. The van der Waals surface area contributed by atoms with Crippen LogP contribution in [0.5, 0.6) is 0 Å². The van der Waals surface area contributed by atoms with E-state index in [2.05, 4.69) is 0 Å². The fourth-order valence-electron chi connectivity index (χ4n) is 8.47. The van der Waals surface area contributed by atoms with Gasteiger partial charge in [0.25, 0.3) is 0 Å². The van der Waals surface area contributed by atoms with Crippen LogP contribution >= 0.6 is 0 Å². The molecule has 6 nitrogen and oxygen atoms in total. The molecule has 194 valence electrons. The normalized spacial score (nSPS) is 43.6. The van der Waals surface area contributed by atoms with Gasteiger partial charge in [0.1, 0.15) is 6.61 Å². The average molecular weight is 491 g/mol. The lowest BCUT2D eigenvalue weighted by molar-refractivity contribution is -0.233. The predicted octanol–water partition coefficient (Wildman–Crippen LogP) is 4.03. The molecule has 0 saturated heterocycles. The number of esters is 1. The number of carbonyl (C=O) groups is 3. The van der Waals surface area contributed by atoms with E-state index in [1.54, 1.807) is 13.0 Å². The van der Waals surface area contributed by atoms with Crippen LogP contribution in [-0.2, 0) is 19.1 Å². The number of ketones is 2. The molecule has 0 heterocycles. The number of halogens is 1. The van der Waals surface area contributed by atoms with Crippen molar-refractivity contribution in [2.75, 3.05) is 6.61 Å². The first-order valence-corrected chi connectivity index (χ1v) is 12.9. The summed E-state index contributed by atoms with van der Waals surface area (Å²) in [5.74, 6) is -2.27. The van der Waals surface area contributed by atoms with Gasteiger partial charge in [0.05, 0.1) is 6.10 Å². The number of hydrogen-bond acceptors (Lipinski definition) is 6. The largest absolute Gasteiger partial charge is 0.450 e. The number of aliphatic hydroxyl groups excluding tert-OH is 2. The molecule has 7 unspecified atom stereocenters. The van der Waals surface area contributed by atoms with Crippen LogP contribution in [0.2, 0.25) is 0 Å². The Morgan fingerprint density at radius 2 is 1.86 bits per heavy atom. The fourth-order valence-corrected chi connectivity index (χ4v) is 8.47. The van der Waals surface area contributed by atoms with E-state index in [0.29, 0.717) is 31.3 Å². The molecule has 7 atom stereocenters. The summed E-state index contributed by atoms with van der Waals surface area (Å²) in [5.41, 5.74) is -6.12. The molecular weight excluding hydrogens is 451 g/mol. The molecular formula is C28H39FO6. The molecule has 0 spiro atoms. The zero-order chi connectivity index (χ0) is 26.0. The average Bonchev–Trinajstić information content (AvgIpc) is 2.96. The maximum absolute atomic E-state index is 17.4. The summed E-state index contributed by atoms with van der Waals surface area (Å²) >= 11 is 0. The molecule has 4 aliphatic rings. The maximum atomic E-state index is 17.4. The third-order valence-corrected chi connectivity index (χ3v) is 10.1. The van der Waals surface area contributed by atoms with Crippen molar-refractivity contribution in [1.82, 2.24) is 0 Å². The van der Waals surface area contributed by atoms with Gasteiger partial charge in [0, 0.05) is 28.6 Å². The Kier molecular flexibility index (Phi) is 6.24. The lowest BCUT2D eigenvalue weighted by Crippen LogP contribution is -2.70. The third-order valence-electron chi connectivity index (χ3n) is 10.1. The first-order valence-electron chi connectivity index (χ1n) is 12.9. The summed E-state index contributed by atoms with van der Waals surface area (Å²) in [6.45, 7) is 8.41. The van der Waals surface area contributed by atoms with Crippen LogP contribution in [0.3, 0.4) is 0 Å². The Hall–Kier alpha value is -1.86. The molecule has 3 saturated carbocycles. The molecule has 0 radical (unpaired) electrons. The Balaban J connectivity index is 1.84. The second-order valence-corrected chi connectivity index (χ2v) is 12.2. The molecule has 0 aromatic heterocycles. The van der Waals surface area contributed by atoms with Crippen LogP contribution in [0.25, 0.3) is 0 Å². The number of aliphatic hydroxyl groups is 2. The van der Waals surface area contributed by atoms with Crippen LogP contribution < -0.4 is 0 Å². The van der Waals surface area contributed by atoms with Crippen molar-refractivity contribution in [2.24, 2.45) is 28.1 Å². The Morgan fingerprint density at radius 1 is 1.17 bits per heavy atom. The highest BCUT2D eigenvalue weighted by Gasteiger charge is 2.79. The Morgan fingerprint density at radius 3 is 2.49 bits per heavy atom. The van der Waals surface area contributed by atoms with Crippen molar-refractivity contribution in [1.29, 1.82) is 0 Å². The number of hydrogen-bond donors (Lipinski definition) is 2. The van der Waals surface area contributed by atoms with Crippen molar-refractivity contribution < 1.29 is 33.7 Å². The van der Waals surface area contributed by atoms with Gasteiger partial charge in [-0.3, -0.25) is 14.4 Å². The molecule has 0 aromatic carbocycles. The molecule has 2 N–H and O–H groups in total. The van der Waals surface area contributed by atoms with Gasteiger partial charge in [-0.2, -0.15) is 0 Å². The summed E-state index contributed by atoms with van der Waals surface area (Å²) < 4.78 is 23.5. The topological polar surface area (TPSA) is 101 Å². The number of unbranched alkanes of at least 4 members (excludes halogenated alkanes) is 1. The molecule has 0 aliphatic heterocycles. The summed E-state index contributed by atoms with van der Waals surface area (Å²) in [4.78, 5) is 38.5. The smallest absolute Gasteiger partial charge is 0.306 e. The molecule has 0 amide bonds. The van der Waals surface area contributed by atoms with Gasteiger partial charge in [-0.05, 0) is 57.1 Å².